The Bertz CT molecular complexity index is 1360. The maximum atomic E-state index is 12.6. The second-order valence-electron chi connectivity index (χ2n) is 7.80. The summed E-state index contributed by atoms with van der Waals surface area (Å²) in [6.07, 6.45) is 1.79. The topological polar surface area (TPSA) is 79.4 Å². The number of rotatable bonds is 6. The first kappa shape index (κ1) is 20.8. The van der Waals surface area contributed by atoms with E-state index in [9.17, 15) is 13.2 Å². The van der Waals surface area contributed by atoms with E-state index in [-0.39, 0.29) is 16.8 Å². The van der Waals surface area contributed by atoms with Gasteiger partial charge < -0.3 is 5.32 Å². The highest BCUT2D eigenvalue weighted by atomic mass is 32.2. The first-order valence-electron chi connectivity index (χ1n) is 10.3. The Morgan fingerprint density at radius 3 is 2.34 bits per heavy atom. The molecule has 0 spiro atoms. The van der Waals surface area contributed by atoms with E-state index in [2.05, 4.69) is 10.3 Å². The lowest BCUT2D eigenvalue weighted by Gasteiger charge is -2.16. The van der Waals surface area contributed by atoms with Crippen LogP contribution in [0.3, 0.4) is 0 Å². The lowest BCUT2D eigenvalue weighted by Crippen LogP contribution is -2.29. The number of hydrogen-bond acceptors (Lipinski definition) is 5. The number of thiazole rings is 1. The smallest absolute Gasteiger partial charge is 0.255 e. The minimum atomic E-state index is -3.52. The number of sulfonamides is 1. The fourth-order valence-electron chi connectivity index (χ4n) is 3.47. The zero-order valence-corrected chi connectivity index (χ0v) is 19.0. The number of benzene rings is 3. The molecule has 0 radical (unpaired) electrons. The van der Waals surface area contributed by atoms with Gasteiger partial charge in [0.05, 0.1) is 15.1 Å². The predicted octanol–water partition coefficient (Wildman–Crippen LogP) is 5.00. The molecule has 0 saturated heterocycles. The number of carbonyl (C=O) groups is 1. The lowest BCUT2D eigenvalue weighted by atomic mass is 10.2. The molecule has 1 fully saturated rings. The standard InChI is InChI=1S/C24H21N3O3S2/c1-27(19-12-13-19)32(29,30)20-14-8-16(9-15-20)23(28)25-18-10-6-17(7-11-18)24-26-21-4-2-3-5-22(21)31-24/h2-11,14-15,19H,12-13H2,1H3,(H,25,28). The highest BCUT2D eigenvalue weighted by Gasteiger charge is 2.35. The highest BCUT2D eigenvalue weighted by molar-refractivity contribution is 7.89. The maximum Gasteiger partial charge on any atom is 0.255 e. The predicted molar refractivity (Wildman–Crippen MR) is 127 cm³/mol. The Balaban J connectivity index is 1.28. The summed E-state index contributed by atoms with van der Waals surface area (Å²) in [7, 11) is -1.92. The summed E-state index contributed by atoms with van der Waals surface area (Å²) >= 11 is 1.63. The first-order chi connectivity index (χ1) is 15.4. The summed E-state index contributed by atoms with van der Waals surface area (Å²) in [5.74, 6) is -0.294. The molecule has 5 rings (SSSR count). The SMILES string of the molecule is CN(C1CC1)S(=O)(=O)c1ccc(C(=O)Nc2ccc(-c3nc4ccccc4s3)cc2)cc1. The van der Waals surface area contributed by atoms with E-state index in [0.717, 1.165) is 33.6 Å². The Hall–Kier alpha value is -3.07. The highest BCUT2D eigenvalue weighted by Crippen LogP contribution is 2.31. The second kappa shape index (κ2) is 8.12. The molecule has 1 aliphatic rings. The largest absolute Gasteiger partial charge is 0.322 e. The van der Waals surface area contributed by atoms with Gasteiger partial charge in [-0.05, 0) is 73.5 Å². The van der Waals surface area contributed by atoms with Crippen LogP contribution >= 0.6 is 11.3 Å². The lowest BCUT2D eigenvalue weighted by molar-refractivity contribution is 0.102. The number of fused-ring (bicyclic) bond motifs is 1. The van der Waals surface area contributed by atoms with Crippen LogP contribution in [0.2, 0.25) is 0 Å². The number of para-hydroxylation sites is 1. The van der Waals surface area contributed by atoms with Crippen LogP contribution in [0.15, 0.2) is 77.7 Å². The molecule has 4 aromatic rings. The van der Waals surface area contributed by atoms with Crippen LogP contribution in [0.1, 0.15) is 23.2 Å². The number of hydrogen-bond donors (Lipinski definition) is 1. The van der Waals surface area contributed by atoms with E-state index in [0.29, 0.717) is 11.3 Å². The minimum absolute atomic E-state index is 0.0914. The fraction of sp³-hybridized carbons (Fsp3) is 0.167. The number of nitrogens with one attached hydrogen (secondary N) is 1. The van der Waals surface area contributed by atoms with Gasteiger partial charge in [-0.3, -0.25) is 4.79 Å². The van der Waals surface area contributed by atoms with Crippen molar-refractivity contribution in [3.05, 3.63) is 78.4 Å². The molecule has 1 N–H and O–H groups in total. The maximum absolute atomic E-state index is 12.6. The first-order valence-corrected chi connectivity index (χ1v) is 12.5. The van der Waals surface area contributed by atoms with Crippen LogP contribution in [-0.4, -0.2) is 36.7 Å². The van der Waals surface area contributed by atoms with Gasteiger partial charge in [0.1, 0.15) is 5.01 Å². The summed E-state index contributed by atoms with van der Waals surface area (Å²) in [6, 6.07) is 21.7. The Morgan fingerprint density at radius 1 is 1.00 bits per heavy atom. The van der Waals surface area contributed by atoms with Crippen molar-refractivity contribution in [2.75, 3.05) is 12.4 Å². The third kappa shape index (κ3) is 4.04. The average Bonchev–Trinajstić information content (AvgIpc) is 3.57. The monoisotopic (exact) mass is 463 g/mol. The van der Waals surface area contributed by atoms with Gasteiger partial charge in [-0.15, -0.1) is 11.3 Å². The molecular weight excluding hydrogens is 442 g/mol. The van der Waals surface area contributed by atoms with Gasteiger partial charge in [-0.1, -0.05) is 12.1 Å². The van der Waals surface area contributed by atoms with Crippen LogP contribution in [0.4, 0.5) is 5.69 Å². The minimum Gasteiger partial charge on any atom is -0.322 e. The van der Waals surface area contributed by atoms with Crippen molar-refractivity contribution in [2.24, 2.45) is 0 Å². The van der Waals surface area contributed by atoms with E-state index in [4.69, 9.17) is 0 Å². The number of anilines is 1. The number of carbonyl (C=O) groups excluding carboxylic acids is 1. The Labute approximate surface area is 190 Å². The molecule has 3 aromatic carbocycles. The van der Waals surface area contributed by atoms with E-state index in [1.807, 2.05) is 48.5 Å². The summed E-state index contributed by atoms with van der Waals surface area (Å²) in [5, 5.41) is 3.78. The van der Waals surface area contributed by atoms with Crippen LogP contribution in [0.5, 0.6) is 0 Å². The van der Waals surface area contributed by atoms with Crippen molar-refractivity contribution >= 4 is 43.2 Å². The van der Waals surface area contributed by atoms with Crippen LogP contribution < -0.4 is 5.32 Å². The molecule has 6 nitrogen and oxygen atoms in total. The van der Waals surface area contributed by atoms with Crippen LogP contribution in [-0.2, 0) is 10.0 Å². The Kier molecular flexibility index (Phi) is 5.28. The summed E-state index contributed by atoms with van der Waals surface area (Å²) < 4.78 is 27.8. The number of amides is 1. The molecule has 162 valence electrons. The fourth-order valence-corrected chi connectivity index (χ4v) is 5.86. The third-order valence-corrected chi connectivity index (χ3v) is 8.55. The third-order valence-electron chi connectivity index (χ3n) is 5.54. The van der Waals surface area contributed by atoms with E-state index >= 15 is 0 Å². The van der Waals surface area contributed by atoms with Crippen molar-refractivity contribution in [3.8, 4) is 10.6 Å². The molecule has 0 atom stereocenters. The second-order valence-corrected chi connectivity index (χ2v) is 10.8. The molecular formula is C24H21N3O3S2. The molecule has 1 aromatic heterocycles. The zero-order valence-electron chi connectivity index (χ0n) is 17.4. The van der Waals surface area contributed by atoms with Gasteiger partial charge in [0.2, 0.25) is 10.0 Å². The molecule has 8 heteroatoms. The number of nitrogens with zero attached hydrogens (tertiary/aromatic N) is 2. The summed E-state index contributed by atoms with van der Waals surface area (Å²) in [4.78, 5) is 17.5. The zero-order chi connectivity index (χ0) is 22.3. The molecule has 1 saturated carbocycles. The average molecular weight is 464 g/mol. The molecule has 1 aliphatic carbocycles. The Morgan fingerprint density at radius 2 is 1.69 bits per heavy atom. The van der Waals surface area contributed by atoms with Gasteiger partial charge in [0.15, 0.2) is 0 Å². The van der Waals surface area contributed by atoms with Crippen molar-refractivity contribution in [3.63, 3.8) is 0 Å². The molecule has 1 amide bonds. The summed E-state index contributed by atoms with van der Waals surface area (Å²) in [6.45, 7) is 0. The van der Waals surface area contributed by atoms with E-state index in [1.54, 1.807) is 30.5 Å². The van der Waals surface area contributed by atoms with Gasteiger partial charge >= 0.3 is 0 Å². The normalized spacial score (nSPS) is 14.1. The molecule has 32 heavy (non-hydrogen) atoms. The van der Waals surface area contributed by atoms with E-state index < -0.39 is 10.0 Å². The van der Waals surface area contributed by atoms with E-state index in [1.165, 1.54) is 16.4 Å². The van der Waals surface area contributed by atoms with Crippen LogP contribution in [0.25, 0.3) is 20.8 Å². The van der Waals surface area contributed by atoms with Crippen molar-refractivity contribution < 1.29 is 13.2 Å². The van der Waals surface area contributed by atoms with Crippen molar-refractivity contribution in [1.82, 2.24) is 9.29 Å². The molecule has 0 bridgehead atoms. The quantitative estimate of drug-likeness (QED) is 0.436. The molecule has 0 unspecified atom stereocenters. The van der Waals surface area contributed by atoms with Crippen molar-refractivity contribution in [2.45, 2.75) is 23.8 Å². The molecule has 1 heterocycles. The van der Waals surface area contributed by atoms with Gasteiger partial charge in [0.25, 0.3) is 5.91 Å². The van der Waals surface area contributed by atoms with Crippen molar-refractivity contribution in [1.29, 1.82) is 0 Å². The van der Waals surface area contributed by atoms with Gasteiger partial charge in [0, 0.05) is 29.9 Å². The number of aromatic nitrogens is 1. The summed E-state index contributed by atoms with van der Waals surface area (Å²) in [5.41, 5.74) is 3.01. The molecule has 0 aliphatic heterocycles. The van der Waals surface area contributed by atoms with Gasteiger partial charge in [-0.25, -0.2) is 13.4 Å². The van der Waals surface area contributed by atoms with Gasteiger partial charge in [-0.2, -0.15) is 4.31 Å². The van der Waals surface area contributed by atoms with Crippen LogP contribution in [0, 0.1) is 0 Å².